The van der Waals surface area contributed by atoms with Gasteiger partial charge < -0.3 is 5.11 Å². The molecule has 1 saturated carbocycles. The summed E-state index contributed by atoms with van der Waals surface area (Å²) in [5.74, 6) is -0.160. The summed E-state index contributed by atoms with van der Waals surface area (Å²) in [7, 11) is 0. The maximum atomic E-state index is 10.3. The van der Waals surface area contributed by atoms with E-state index in [0.717, 1.165) is 19.3 Å². The Morgan fingerprint density at radius 3 is 2.73 bits per heavy atom. The zero-order valence-electron chi connectivity index (χ0n) is 9.75. The van der Waals surface area contributed by atoms with Crippen molar-refractivity contribution in [1.82, 2.24) is 0 Å². The Bertz CT molecular complexity index is 276. The van der Waals surface area contributed by atoms with Gasteiger partial charge in [0.15, 0.2) is 0 Å². The Morgan fingerprint density at radius 2 is 2.27 bits per heavy atom. The Kier molecular flexibility index (Phi) is 4.91. The quantitative estimate of drug-likeness (QED) is 0.623. The second kappa shape index (κ2) is 5.35. The van der Waals surface area contributed by atoms with Crippen LogP contribution in [0.5, 0.6) is 0 Å². The minimum absolute atomic E-state index is 0.310. The third-order valence-electron chi connectivity index (χ3n) is 3.20. The van der Waals surface area contributed by atoms with Crippen molar-refractivity contribution in [3.8, 4) is 0 Å². The molecule has 0 heterocycles. The predicted molar refractivity (Wildman–Crippen MR) is 75.8 cm³/mol. The highest BCUT2D eigenvalue weighted by atomic mass is 32.9. The SMILES string of the molecule is C=C(C)[C@H]1CC[C@@](C)(O)[C@H](S[PH](C)=S)C1. The molecule has 1 unspecified atom stereocenters. The van der Waals surface area contributed by atoms with Crippen LogP contribution in [0.3, 0.4) is 0 Å². The van der Waals surface area contributed by atoms with Crippen LogP contribution in [0.1, 0.15) is 33.1 Å². The lowest BCUT2D eigenvalue weighted by Crippen LogP contribution is -2.42. The van der Waals surface area contributed by atoms with Gasteiger partial charge in [0.25, 0.3) is 0 Å². The molecule has 1 fully saturated rings. The molecule has 1 rings (SSSR count). The van der Waals surface area contributed by atoms with Gasteiger partial charge in [0.05, 0.1) is 5.60 Å². The van der Waals surface area contributed by atoms with Crippen molar-refractivity contribution < 1.29 is 5.11 Å². The molecule has 0 saturated heterocycles. The van der Waals surface area contributed by atoms with Crippen molar-refractivity contribution in [2.75, 3.05) is 6.66 Å². The molecule has 0 amide bonds. The summed E-state index contributed by atoms with van der Waals surface area (Å²) < 4.78 is 0. The fraction of sp³-hybridized carbons (Fsp3) is 0.818. The van der Waals surface area contributed by atoms with Crippen LogP contribution in [-0.4, -0.2) is 22.6 Å². The van der Waals surface area contributed by atoms with E-state index in [0.29, 0.717) is 11.2 Å². The normalized spacial score (nSPS) is 38.7. The molecule has 1 aliphatic rings. The van der Waals surface area contributed by atoms with Crippen LogP contribution in [0.25, 0.3) is 0 Å². The average Bonchev–Trinajstić information content (AvgIpc) is 2.07. The fourth-order valence-electron chi connectivity index (χ4n) is 2.08. The van der Waals surface area contributed by atoms with Gasteiger partial charge >= 0.3 is 0 Å². The average molecular weight is 264 g/mol. The molecule has 0 bridgehead atoms. The van der Waals surface area contributed by atoms with Crippen LogP contribution in [0, 0.1) is 5.92 Å². The van der Waals surface area contributed by atoms with Crippen molar-refractivity contribution in [2.45, 2.75) is 44.0 Å². The molecule has 4 heteroatoms. The molecule has 0 aromatic carbocycles. The van der Waals surface area contributed by atoms with Gasteiger partial charge in [-0.1, -0.05) is 24.0 Å². The first kappa shape index (κ1) is 13.8. The number of allylic oxidation sites excluding steroid dienone is 1. The summed E-state index contributed by atoms with van der Waals surface area (Å²) in [4.78, 5) is 0. The molecule has 1 aliphatic carbocycles. The zero-order chi connectivity index (χ0) is 11.6. The van der Waals surface area contributed by atoms with Crippen molar-refractivity contribution in [1.29, 1.82) is 0 Å². The van der Waals surface area contributed by atoms with Gasteiger partial charge in [-0.05, 0) is 51.6 Å². The second-order valence-electron chi connectivity index (χ2n) is 4.77. The molecule has 15 heavy (non-hydrogen) atoms. The number of hydrogen-bond acceptors (Lipinski definition) is 3. The fourth-order valence-corrected chi connectivity index (χ4v) is 6.48. The molecule has 88 valence electrons. The molecular formula is C11H21OPS2. The lowest BCUT2D eigenvalue weighted by Gasteiger charge is -2.40. The van der Waals surface area contributed by atoms with Crippen molar-refractivity contribution in [3.05, 3.63) is 12.2 Å². The van der Waals surface area contributed by atoms with Crippen LogP contribution < -0.4 is 0 Å². The Morgan fingerprint density at radius 1 is 1.67 bits per heavy atom. The third-order valence-corrected chi connectivity index (χ3v) is 7.23. The molecule has 4 atom stereocenters. The third kappa shape index (κ3) is 3.89. The molecule has 0 aromatic heterocycles. The smallest absolute Gasteiger partial charge is 0.0741 e. The minimum atomic E-state index is -0.742. The largest absolute Gasteiger partial charge is 0.389 e. The zero-order valence-corrected chi connectivity index (χ0v) is 12.4. The van der Waals surface area contributed by atoms with Crippen molar-refractivity contribution in [2.24, 2.45) is 5.92 Å². The summed E-state index contributed by atoms with van der Waals surface area (Å²) in [5, 5.41) is 10.6. The number of rotatable bonds is 3. The minimum Gasteiger partial charge on any atom is -0.389 e. The number of aliphatic hydroxyl groups is 1. The Balaban J connectivity index is 2.70. The van der Waals surface area contributed by atoms with Gasteiger partial charge in [-0.3, -0.25) is 0 Å². The van der Waals surface area contributed by atoms with Crippen molar-refractivity contribution in [3.63, 3.8) is 0 Å². The van der Waals surface area contributed by atoms with Gasteiger partial charge in [0.1, 0.15) is 0 Å². The highest BCUT2D eigenvalue weighted by molar-refractivity contribution is 8.64. The Labute approximate surface area is 103 Å². The highest BCUT2D eigenvalue weighted by Crippen LogP contribution is 2.49. The van der Waals surface area contributed by atoms with E-state index >= 15 is 0 Å². The van der Waals surface area contributed by atoms with E-state index in [9.17, 15) is 5.11 Å². The standard InChI is InChI=1S/C11H21OPS2/c1-8(2)9-5-6-11(3,12)10(7-9)15-13(4)14/h9-10,12-13H,1,5-7H2,2-4H3/t9-,10+,11+/m0/s1. The van der Waals surface area contributed by atoms with Crippen LogP contribution in [0.4, 0.5) is 0 Å². The van der Waals surface area contributed by atoms with E-state index in [-0.39, 0.29) is 0 Å². The molecule has 1 nitrogen and oxygen atoms in total. The van der Waals surface area contributed by atoms with Crippen molar-refractivity contribution >= 4 is 29.1 Å². The monoisotopic (exact) mass is 264 g/mol. The molecule has 0 aromatic rings. The van der Waals surface area contributed by atoms with Crippen LogP contribution in [0.2, 0.25) is 0 Å². The van der Waals surface area contributed by atoms with Crippen LogP contribution in [0.15, 0.2) is 12.2 Å². The van der Waals surface area contributed by atoms with E-state index in [1.165, 1.54) is 5.57 Å². The summed E-state index contributed by atoms with van der Waals surface area (Å²) in [5.41, 5.74) is 0.729. The lowest BCUT2D eigenvalue weighted by atomic mass is 9.77. The van der Waals surface area contributed by atoms with E-state index in [1.54, 1.807) is 0 Å². The second-order valence-corrected chi connectivity index (χ2v) is 11.7. The summed E-state index contributed by atoms with van der Waals surface area (Å²) in [6, 6.07) is 0. The first-order valence-corrected chi connectivity index (χ1v) is 10.1. The molecular weight excluding hydrogens is 243 g/mol. The van der Waals surface area contributed by atoms with Gasteiger partial charge in [0, 0.05) is 5.25 Å². The first-order chi connectivity index (χ1) is 6.83. The van der Waals surface area contributed by atoms with E-state index < -0.39 is 11.5 Å². The summed E-state index contributed by atoms with van der Waals surface area (Å²) in [6.07, 6.45) is 3.00. The first-order valence-electron chi connectivity index (χ1n) is 5.38. The maximum absolute atomic E-state index is 10.3. The molecule has 0 aliphatic heterocycles. The molecule has 1 N–H and O–H groups in total. The van der Waals surface area contributed by atoms with Crippen LogP contribution in [-0.2, 0) is 11.8 Å². The van der Waals surface area contributed by atoms with Gasteiger partial charge in [-0.25, -0.2) is 0 Å². The van der Waals surface area contributed by atoms with E-state index in [1.807, 2.05) is 18.3 Å². The van der Waals surface area contributed by atoms with Gasteiger partial charge in [0.2, 0.25) is 0 Å². The molecule has 0 radical (unpaired) electrons. The maximum Gasteiger partial charge on any atom is 0.0741 e. The van der Waals surface area contributed by atoms with E-state index in [2.05, 4.69) is 20.2 Å². The van der Waals surface area contributed by atoms with Gasteiger partial charge in [-0.2, -0.15) is 0 Å². The topological polar surface area (TPSA) is 20.2 Å². The number of hydrogen-bond donors (Lipinski definition) is 1. The highest BCUT2D eigenvalue weighted by Gasteiger charge is 2.38. The predicted octanol–water partition coefficient (Wildman–Crippen LogP) is 3.44. The summed E-state index contributed by atoms with van der Waals surface area (Å²) >= 11 is 7.13. The Hall–Kier alpha value is 0.700. The van der Waals surface area contributed by atoms with E-state index in [4.69, 9.17) is 11.8 Å². The molecule has 0 spiro atoms. The summed E-state index contributed by atoms with van der Waals surface area (Å²) in [6.45, 7) is 10.2. The van der Waals surface area contributed by atoms with Crippen LogP contribution >= 0.6 is 17.3 Å². The van der Waals surface area contributed by atoms with Gasteiger partial charge in [-0.15, -0.1) is 11.4 Å². The lowest BCUT2D eigenvalue weighted by molar-refractivity contribution is 0.0198.